The molecule has 2 rings (SSSR count). The average Bonchev–Trinajstić information content (AvgIpc) is 2.41. The first-order valence-corrected chi connectivity index (χ1v) is 7.20. The molecule has 1 heterocycles. The third-order valence-corrected chi connectivity index (χ3v) is 4.43. The van der Waals surface area contributed by atoms with Gasteiger partial charge in [0.05, 0.1) is 0 Å². The zero-order valence-electron chi connectivity index (χ0n) is 10.7. The zero-order valence-corrected chi connectivity index (χ0v) is 12.2. The second-order valence-electron chi connectivity index (χ2n) is 4.85. The lowest BCUT2D eigenvalue weighted by Gasteiger charge is -2.35. The summed E-state index contributed by atoms with van der Waals surface area (Å²) >= 11 is 3.48. The van der Waals surface area contributed by atoms with Crippen molar-refractivity contribution < 1.29 is 4.79 Å². The summed E-state index contributed by atoms with van der Waals surface area (Å²) in [5.74, 6) is 0.103. The van der Waals surface area contributed by atoms with Crippen molar-refractivity contribution in [1.29, 1.82) is 0 Å². The summed E-state index contributed by atoms with van der Waals surface area (Å²) in [5.41, 5.74) is 7.64. The standard InChI is InChI=1S/C14H19BrN2O/c1-10-5-6-11(8-13(10)15)14(18)17-7-3-2-4-12(17)9-16/h5-6,8,12H,2-4,7,9,16H2,1H3. The predicted octanol–water partition coefficient (Wildman–Crippen LogP) is 2.71. The van der Waals surface area contributed by atoms with Crippen molar-refractivity contribution in [3.63, 3.8) is 0 Å². The van der Waals surface area contributed by atoms with Crippen molar-refractivity contribution in [3.8, 4) is 0 Å². The molecule has 1 aromatic carbocycles. The first kappa shape index (κ1) is 13.6. The van der Waals surface area contributed by atoms with E-state index in [0.717, 1.165) is 35.0 Å². The van der Waals surface area contributed by atoms with E-state index >= 15 is 0 Å². The lowest BCUT2D eigenvalue weighted by Crippen LogP contribution is -2.47. The van der Waals surface area contributed by atoms with Crippen LogP contribution in [-0.4, -0.2) is 29.9 Å². The molecule has 1 atom stereocenters. The molecule has 2 N–H and O–H groups in total. The van der Waals surface area contributed by atoms with Crippen LogP contribution < -0.4 is 5.73 Å². The fourth-order valence-electron chi connectivity index (χ4n) is 2.40. The number of aryl methyl sites for hydroxylation is 1. The molecule has 1 unspecified atom stereocenters. The van der Waals surface area contributed by atoms with Gasteiger partial charge in [0.2, 0.25) is 0 Å². The molecule has 0 aliphatic carbocycles. The van der Waals surface area contributed by atoms with Gasteiger partial charge >= 0.3 is 0 Å². The number of likely N-dealkylation sites (tertiary alicyclic amines) is 1. The van der Waals surface area contributed by atoms with Crippen molar-refractivity contribution in [2.45, 2.75) is 32.2 Å². The van der Waals surface area contributed by atoms with Gasteiger partial charge in [-0.1, -0.05) is 22.0 Å². The molecular weight excluding hydrogens is 292 g/mol. The van der Waals surface area contributed by atoms with Crippen molar-refractivity contribution in [1.82, 2.24) is 4.90 Å². The van der Waals surface area contributed by atoms with E-state index in [9.17, 15) is 4.79 Å². The fourth-order valence-corrected chi connectivity index (χ4v) is 2.78. The van der Waals surface area contributed by atoms with Gasteiger partial charge < -0.3 is 10.6 Å². The second kappa shape index (κ2) is 5.85. The Morgan fingerprint density at radius 3 is 2.94 bits per heavy atom. The van der Waals surface area contributed by atoms with Crippen molar-refractivity contribution in [3.05, 3.63) is 33.8 Å². The van der Waals surface area contributed by atoms with Crippen LogP contribution in [0.25, 0.3) is 0 Å². The number of benzene rings is 1. The zero-order chi connectivity index (χ0) is 13.1. The number of carbonyl (C=O) groups is 1. The highest BCUT2D eigenvalue weighted by atomic mass is 79.9. The molecule has 1 amide bonds. The fraction of sp³-hybridized carbons (Fsp3) is 0.500. The average molecular weight is 311 g/mol. The maximum Gasteiger partial charge on any atom is 0.254 e. The SMILES string of the molecule is Cc1ccc(C(=O)N2CCCCC2CN)cc1Br. The molecule has 3 nitrogen and oxygen atoms in total. The van der Waals surface area contributed by atoms with E-state index in [-0.39, 0.29) is 11.9 Å². The molecule has 0 spiro atoms. The number of piperidine rings is 1. The van der Waals surface area contributed by atoms with E-state index in [2.05, 4.69) is 15.9 Å². The quantitative estimate of drug-likeness (QED) is 0.913. The summed E-state index contributed by atoms with van der Waals surface area (Å²) in [6.45, 7) is 3.40. The number of rotatable bonds is 2. The first-order chi connectivity index (χ1) is 8.63. The molecule has 4 heteroatoms. The minimum atomic E-state index is 0.103. The maximum absolute atomic E-state index is 12.5. The largest absolute Gasteiger partial charge is 0.334 e. The van der Waals surface area contributed by atoms with Gasteiger partial charge in [0.25, 0.3) is 5.91 Å². The molecule has 1 aliphatic heterocycles. The minimum Gasteiger partial charge on any atom is -0.334 e. The third-order valence-electron chi connectivity index (χ3n) is 3.58. The molecule has 0 aromatic heterocycles. The number of hydrogen-bond acceptors (Lipinski definition) is 2. The van der Waals surface area contributed by atoms with Crippen LogP contribution in [0.3, 0.4) is 0 Å². The predicted molar refractivity (Wildman–Crippen MR) is 76.6 cm³/mol. The monoisotopic (exact) mass is 310 g/mol. The number of carbonyl (C=O) groups excluding carboxylic acids is 1. The van der Waals surface area contributed by atoms with E-state index < -0.39 is 0 Å². The lowest BCUT2D eigenvalue weighted by molar-refractivity contribution is 0.0623. The van der Waals surface area contributed by atoms with Crippen LogP contribution in [0.4, 0.5) is 0 Å². The smallest absolute Gasteiger partial charge is 0.254 e. The molecule has 98 valence electrons. The highest BCUT2D eigenvalue weighted by Crippen LogP contribution is 2.22. The van der Waals surface area contributed by atoms with Gasteiger partial charge in [0, 0.05) is 29.2 Å². The van der Waals surface area contributed by atoms with Crippen LogP contribution in [0.5, 0.6) is 0 Å². The highest BCUT2D eigenvalue weighted by molar-refractivity contribution is 9.10. The van der Waals surface area contributed by atoms with Crippen LogP contribution in [0.2, 0.25) is 0 Å². The molecule has 0 radical (unpaired) electrons. The minimum absolute atomic E-state index is 0.103. The van der Waals surface area contributed by atoms with Gasteiger partial charge in [-0.2, -0.15) is 0 Å². The Balaban J connectivity index is 2.21. The molecule has 1 saturated heterocycles. The van der Waals surface area contributed by atoms with E-state index in [1.165, 1.54) is 6.42 Å². The van der Waals surface area contributed by atoms with Gasteiger partial charge in [0.15, 0.2) is 0 Å². The summed E-state index contributed by atoms with van der Waals surface area (Å²) in [4.78, 5) is 14.4. The summed E-state index contributed by atoms with van der Waals surface area (Å²) < 4.78 is 0.981. The highest BCUT2D eigenvalue weighted by Gasteiger charge is 2.26. The molecule has 0 saturated carbocycles. The van der Waals surface area contributed by atoms with E-state index in [1.807, 2.05) is 30.0 Å². The van der Waals surface area contributed by atoms with E-state index in [4.69, 9.17) is 5.73 Å². The summed E-state index contributed by atoms with van der Waals surface area (Å²) in [6.07, 6.45) is 3.27. The second-order valence-corrected chi connectivity index (χ2v) is 5.70. The topological polar surface area (TPSA) is 46.3 Å². The number of nitrogens with zero attached hydrogens (tertiary/aromatic N) is 1. The van der Waals surface area contributed by atoms with Crippen molar-refractivity contribution in [2.75, 3.05) is 13.1 Å². The van der Waals surface area contributed by atoms with Gasteiger partial charge in [0.1, 0.15) is 0 Å². The van der Waals surface area contributed by atoms with Crippen molar-refractivity contribution in [2.24, 2.45) is 5.73 Å². The van der Waals surface area contributed by atoms with Crippen LogP contribution in [0, 0.1) is 6.92 Å². The number of hydrogen-bond donors (Lipinski definition) is 1. The Hall–Kier alpha value is -0.870. The van der Waals surface area contributed by atoms with E-state index in [1.54, 1.807) is 0 Å². The summed E-state index contributed by atoms with van der Waals surface area (Å²) in [7, 11) is 0. The number of amides is 1. The number of nitrogens with two attached hydrogens (primary N) is 1. The lowest BCUT2D eigenvalue weighted by atomic mass is 10.0. The molecule has 1 aromatic rings. The maximum atomic E-state index is 12.5. The molecule has 1 fully saturated rings. The Bertz CT molecular complexity index is 447. The van der Waals surface area contributed by atoms with Crippen molar-refractivity contribution >= 4 is 21.8 Å². The van der Waals surface area contributed by atoms with Crippen LogP contribution in [-0.2, 0) is 0 Å². The summed E-state index contributed by atoms with van der Waals surface area (Å²) in [5, 5.41) is 0. The first-order valence-electron chi connectivity index (χ1n) is 6.40. The van der Waals surface area contributed by atoms with Crippen LogP contribution in [0.15, 0.2) is 22.7 Å². The van der Waals surface area contributed by atoms with Gasteiger partial charge in [-0.15, -0.1) is 0 Å². The molecular formula is C14H19BrN2O. The summed E-state index contributed by atoms with van der Waals surface area (Å²) in [6, 6.07) is 5.97. The molecule has 1 aliphatic rings. The van der Waals surface area contributed by atoms with Gasteiger partial charge in [-0.05, 0) is 43.9 Å². The van der Waals surface area contributed by atoms with Crippen LogP contribution >= 0.6 is 15.9 Å². The Kier molecular flexibility index (Phi) is 4.40. The van der Waals surface area contributed by atoms with Gasteiger partial charge in [-0.3, -0.25) is 4.79 Å². The van der Waals surface area contributed by atoms with Gasteiger partial charge in [-0.25, -0.2) is 0 Å². The Morgan fingerprint density at radius 1 is 1.50 bits per heavy atom. The normalized spacial score (nSPS) is 19.9. The Morgan fingerprint density at radius 2 is 2.28 bits per heavy atom. The van der Waals surface area contributed by atoms with E-state index in [0.29, 0.717) is 6.54 Å². The number of halogens is 1. The Labute approximate surface area is 116 Å². The molecule has 18 heavy (non-hydrogen) atoms. The molecule has 0 bridgehead atoms. The third kappa shape index (κ3) is 2.75. The van der Waals surface area contributed by atoms with Crippen LogP contribution in [0.1, 0.15) is 35.2 Å².